The summed E-state index contributed by atoms with van der Waals surface area (Å²) in [6, 6.07) is 6.33. The van der Waals surface area contributed by atoms with Crippen molar-refractivity contribution in [3.05, 3.63) is 34.9 Å². The van der Waals surface area contributed by atoms with E-state index in [-0.39, 0.29) is 24.0 Å². The first-order valence-corrected chi connectivity index (χ1v) is 9.19. The Bertz CT molecular complexity index is 802. The summed E-state index contributed by atoms with van der Waals surface area (Å²) in [7, 11) is 1.35. The molecule has 0 aromatic heterocycles. The van der Waals surface area contributed by atoms with Gasteiger partial charge in [-0.3, -0.25) is 4.79 Å². The van der Waals surface area contributed by atoms with Crippen LogP contribution in [0, 0.1) is 11.3 Å². The van der Waals surface area contributed by atoms with E-state index in [1.54, 1.807) is 6.07 Å². The Balaban J connectivity index is 2.07. The molecular weight excluding hydrogens is 408 g/mol. The van der Waals surface area contributed by atoms with E-state index in [0.717, 1.165) is 12.8 Å². The van der Waals surface area contributed by atoms with Crippen molar-refractivity contribution in [3.8, 4) is 11.8 Å². The van der Waals surface area contributed by atoms with Crippen LogP contribution in [-0.4, -0.2) is 51.2 Å². The van der Waals surface area contributed by atoms with Crippen molar-refractivity contribution in [1.29, 1.82) is 5.26 Å². The molecule has 1 fully saturated rings. The van der Waals surface area contributed by atoms with Crippen molar-refractivity contribution >= 4 is 12.0 Å². The molecule has 0 saturated carbocycles. The van der Waals surface area contributed by atoms with Crippen LogP contribution in [-0.2, 0) is 20.9 Å². The maximum Gasteiger partial charge on any atom is 0.330 e. The third kappa shape index (κ3) is 6.71. The van der Waals surface area contributed by atoms with E-state index >= 15 is 0 Å². The maximum atomic E-state index is 13.0. The minimum absolute atomic E-state index is 0.0787. The highest BCUT2D eigenvalue weighted by Gasteiger charge is 2.41. The van der Waals surface area contributed by atoms with Crippen LogP contribution in [0.15, 0.2) is 23.8 Å². The Labute approximate surface area is 171 Å². The number of rotatable bonds is 10. The number of carbonyl (C=O) groups is 1. The molecule has 0 aliphatic carbocycles. The van der Waals surface area contributed by atoms with Crippen molar-refractivity contribution in [2.75, 3.05) is 26.9 Å². The quantitative estimate of drug-likeness (QED) is 0.350. The van der Waals surface area contributed by atoms with Gasteiger partial charge in [0.1, 0.15) is 24.0 Å². The lowest BCUT2D eigenvalue weighted by Crippen LogP contribution is -2.32. The highest BCUT2D eigenvalue weighted by molar-refractivity contribution is 6.01. The van der Waals surface area contributed by atoms with Gasteiger partial charge in [0.05, 0.1) is 19.8 Å². The van der Waals surface area contributed by atoms with Gasteiger partial charge >= 0.3 is 12.3 Å². The number of nitrogens with one attached hydrogen (secondary N) is 1. The molecule has 1 aromatic carbocycles. The Morgan fingerprint density at radius 3 is 2.83 bits per heavy atom. The van der Waals surface area contributed by atoms with Crippen LogP contribution in [0.3, 0.4) is 0 Å². The molecule has 0 spiro atoms. The minimum atomic E-state index is -4.26. The normalized spacial score (nSPS) is 17.1. The SMILES string of the molecule is COc1ccc(/C=C(/C#N)C(=O)NCC2CCCO2)cc1COCC(F)(F)C(F)F. The summed E-state index contributed by atoms with van der Waals surface area (Å²) in [5.74, 6) is -4.55. The highest BCUT2D eigenvalue weighted by atomic mass is 19.3. The molecule has 0 radical (unpaired) electrons. The van der Waals surface area contributed by atoms with Gasteiger partial charge in [0.2, 0.25) is 0 Å². The number of methoxy groups -OCH3 is 1. The van der Waals surface area contributed by atoms with E-state index in [1.165, 1.54) is 25.3 Å². The predicted molar refractivity (Wildman–Crippen MR) is 99.2 cm³/mol. The lowest BCUT2D eigenvalue weighted by Gasteiger charge is -2.16. The Morgan fingerprint density at radius 1 is 1.47 bits per heavy atom. The van der Waals surface area contributed by atoms with Crippen molar-refractivity contribution in [2.24, 2.45) is 0 Å². The van der Waals surface area contributed by atoms with Gasteiger partial charge < -0.3 is 19.5 Å². The molecule has 1 heterocycles. The number of ether oxygens (including phenoxy) is 3. The maximum absolute atomic E-state index is 13.0. The summed E-state index contributed by atoms with van der Waals surface area (Å²) < 4.78 is 65.7. The smallest absolute Gasteiger partial charge is 0.330 e. The number of amides is 1. The molecular formula is C20H22F4N2O4. The summed E-state index contributed by atoms with van der Waals surface area (Å²) in [5, 5.41) is 11.9. The average Bonchev–Trinajstić information content (AvgIpc) is 3.23. The van der Waals surface area contributed by atoms with Crippen LogP contribution in [0.1, 0.15) is 24.0 Å². The summed E-state index contributed by atoms with van der Waals surface area (Å²) >= 11 is 0. The van der Waals surface area contributed by atoms with Crippen LogP contribution < -0.4 is 10.1 Å². The van der Waals surface area contributed by atoms with Gasteiger partial charge in [-0.2, -0.15) is 14.0 Å². The fourth-order valence-corrected chi connectivity index (χ4v) is 2.78. The monoisotopic (exact) mass is 430 g/mol. The van der Waals surface area contributed by atoms with Crippen LogP contribution in [0.5, 0.6) is 5.75 Å². The summed E-state index contributed by atoms with van der Waals surface area (Å²) in [5.41, 5.74) is 0.557. The van der Waals surface area contributed by atoms with Crippen molar-refractivity contribution in [1.82, 2.24) is 5.32 Å². The van der Waals surface area contributed by atoms with Crippen molar-refractivity contribution < 1.29 is 36.6 Å². The topological polar surface area (TPSA) is 80.6 Å². The Kier molecular flexibility index (Phi) is 8.62. The first kappa shape index (κ1) is 23.6. The Hall–Kier alpha value is -2.64. The molecule has 1 amide bonds. The molecule has 1 aliphatic heterocycles. The number of nitrogens with zero attached hydrogens (tertiary/aromatic N) is 1. The molecule has 164 valence electrons. The van der Waals surface area contributed by atoms with E-state index < -0.39 is 31.5 Å². The Morgan fingerprint density at radius 2 is 2.23 bits per heavy atom. The second-order valence-electron chi connectivity index (χ2n) is 6.64. The molecule has 1 saturated heterocycles. The van der Waals surface area contributed by atoms with E-state index in [1.807, 2.05) is 6.07 Å². The molecule has 30 heavy (non-hydrogen) atoms. The molecule has 1 aromatic rings. The number of hydrogen-bond acceptors (Lipinski definition) is 5. The molecule has 0 bridgehead atoms. The average molecular weight is 430 g/mol. The largest absolute Gasteiger partial charge is 0.496 e. The van der Waals surface area contributed by atoms with Crippen molar-refractivity contribution in [3.63, 3.8) is 0 Å². The molecule has 10 heteroatoms. The van der Waals surface area contributed by atoms with Crippen LogP contribution in [0.2, 0.25) is 0 Å². The number of alkyl halides is 4. The number of halogens is 4. The first-order valence-electron chi connectivity index (χ1n) is 9.19. The van der Waals surface area contributed by atoms with Crippen LogP contribution in [0.4, 0.5) is 17.6 Å². The molecule has 1 N–H and O–H groups in total. The van der Waals surface area contributed by atoms with Gasteiger partial charge in [0.25, 0.3) is 5.91 Å². The first-order chi connectivity index (χ1) is 14.3. The highest BCUT2D eigenvalue weighted by Crippen LogP contribution is 2.26. The zero-order chi connectivity index (χ0) is 22.1. The fourth-order valence-electron chi connectivity index (χ4n) is 2.78. The fraction of sp³-hybridized carbons (Fsp3) is 0.500. The second kappa shape index (κ2) is 10.9. The van der Waals surface area contributed by atoms with Gasteiger partial charge in [-0.25, -0.2) is 8.78 Å². The van der Waals surface area contributed by atoms with Gasteiger partial charge in [0.15, 0.2) is 0 Å². The van der Waals surface area contributed by atoms with Gasteiger partial charge in [-0.1, -0.05) is 6.07 Å². The van der Waals surface area contributed by atoms with Gasteiger partial charge in [0, 0.05) is 18.7 Å². The standard InChI is InChI=1S/C20H22F4N2O4/c1-28-17-5-4-13(8-15(17)11-29-12-20(23,24)19(21)22)7-14(9-25)18(27)26-10-16-3-2-6-30-16/h4-5,7-8,16,19H,2-3,6,10-12H2,1H3,(H,26,27)/b14-7-. The van der Waals surface area contributed by atoms with Gasteiger partial charge in [-0.15, -0.1) is 0 Å². The molecule has 2 rings (SSSR count). The second-order valence-corrected chi connectivity index (χ2v) is 6.64. The molecule has 1 aliphatic rings. The van der Waals surface area contributed by atoms with E-state index in [4.69, 9.17) is 14.2 Å². The molecule has 1 atom stereocenters. The van der Waals surface area contributed by atoms with E-state index in [2.05, 4.69) is 5.32 Å². The van der Waals surface area contributed by atoms with E-state index in [0.29, 0.717) is 17.7 Å². The summed E-state index contributed by atoms with van der Waals surface area (Å²) in [6.45, 7) is -0.942. The van der Waals surface area contributed by atoms with Crippen LogP contribution in [0.25, 0.3) is 6.08 Å². The van der Waals surface area contributed by atoms with Gasteiger partial charge in [-0.05, 0) is 36.6 Å². The summed E-state index contributed by atoms with van der Waals surface area (Å²) in [6.07, 6.45) is -0.841. The third-order valence-corrected chi connectivity index (χ3v) is 4.37. The molecule has 1 unspecified atom stereocenters. The predicted octanol–water partition coefficient (Wildman–Crippen LogP) is 3.31. The minimum Gasteiger partial charge on any atom is -0.496 e. The third-order valence-electron chi connectivity index (χ3n) is 4.37. The number of nitriles is 1. The lowest BCUT2D eigenvalue weighted by atomic mass is 10.1. The van der Waals surface area contributed by atoms with Crippen LogP contribution >= 0.6 is 0 Å². The van der Waals surface area contributed by atoms with Crippen molar-refractivity contribution in [2.45, 2.75) is 37.9 Å². The zero-order valence-electron chi connectivity index (χ0n) is 16.3. The molecule has 6 nitrogen and oxygen atoms in total. The van der Waals surface area contributed by atoms with E-state index in [9.17, 15) is 27.6 Å². The number of hydrogen-bond donors (Lipinski definition) is 1. The lowest BCUT2D eigenvalue weighted by molar-refractivity contribution is -0.168. The summed E-state index contributed by atoms with van der Waals surface area (Å²) in [4.78, 5) is 12.2. The number of benzene rings is 1. The number of carbonyl (C=O) groups excluding carboxylic acids is 1. The zero-order valence-corrected chi connectivity index (χ0v) is 16.3.